The molecule has 114 valence electrons. The van der Waals surface area contributed by atoms with Crippen LogP contribution in [-0.2, 0) is 11.3 Å². The summed E-state index contributed by atoms with van der Waals surface area (Å²) in [7, 11) is 3.91. The van der Waals surface area contributed by atoms with Gasteiger partial charge in [-0.15, -0.1) is 35.3 Å². The largest absolute Gasteiger partial charge is 0.381 e. The Morgan fingerprint density at radius 1 is 1.65 bits per heavy atom. The lowest BCUT2D eigenvalue weighted by atomic mass is 10.1. The maximum absolute atomic E-state index is 5.41. The number of thiophene rings is 1. The molecule has 0 amide bonds. The molecule has 1 atom stereocenters. The molecule has 1 N–H and O–H groups in total. The van der Waals surface area contributed by atoms with Crippen molar-refractivity contribution in [3.63, 3.8) is 0 Å². The number of hydrogen-bond acceptors (Lipinski definition) is 3. The van der Waals surface area contributed by atoms with Gasteiger partial charge in [0.25, 0.3) is 0 Å². The van der Waals surface area contributed by atoms with Gasteiger partial charge in [-0.3, -0.25) is 4.99 Å². The maximum Gasteiger partial charge on any atom is 0.193 e. The number of nitrogens with one attached hydrogen (secondary N) is 1. The van der Waals surface area contributed by atoms with Gasteiger partial charge < -0.3 is 15.0 Å². The van der Waals surface area contributed by atoms with Gasteiger partial charge in [-0.2, -0.15) is 0 Å². The molecule has 1 aromatic heterocycles. The van der Waals surface area contributed by atoms with Gasteiger partial charge in [-0.25, -0.2) is 0 Å². The Balaban J connectivity index is 0.00000200. The fourth-order valence-corrected chi connectivity index (χ4v) is 3.59. The summed E-state index contributed by atoms with van der Waals surface area (Å²) in [6.45, 7) is 3.58. The number of nitrogens with zero attached hydrogens (tertiary/aromatic N) is 2. The van der Waals surface area contributed by atoms with E-state index in [9.17, 15) is 0 Å². The third kappa shape index (κ3) is 5.50. The normalized spacial score (nSPS) is 18.8. The number of hydrogen-bond donors (Lipinski definition) is 1. The smallest absolute Gasteiger partial charge is 0.193 e. The summed E-state index contributed by atoms with van der Waals surface area (Å²) in [5.74, 6) is 1.57. The second-order valence-electron chi connectivity index (χ2n) is 4.74. The van der Waals surface area contributed by atoms with E-state index in [0.717, 1.165) is 43.2 Å². The molecule has 1 aliphatic heterocycles. The Hall–Kier alpha value is 0.140. The highest BCUT2D eigenvalue weighted by atomic mass is 127. The molecule has 0 spiro atoms. The van der Waals surface area contributed by atoms with Crippen molar-refractivity contribution in [3.05, 3.63) is 20.8 Å². The van der Waals surface area contributed by atoms with Gasteiger partial charge in [-0.1, -0.05) is 0 Å². The molecule has 1 aliphatic rings. The highest BCUT2D eigenvalue weighted by molar-refractivity contribution is 14.0. The molecule has 2 heterocycles. The molecule has 0 saturated carbocycles. The molecular formula is C13H21BrIN3OS. The fourth-order valence-electron chi connectivity index (χ4n) is 2.20. The Morgan fingerprint density at radius 3 is 3.00 bits per heavy atom. The van der Waals surface area contributed by atoms with Crippen LogP contribution in [0, 0.1) is 5.92 Å². The van der Waals surface area contributed by atoms with Crippen molar-refractivity contribution in [2.24, 2.45) is 10.9 Å². The van der Waals surface area contributed by atoms with Gasteiger partial charge in [0.1, 0.15) is 0 Å². The lowest BCUT2D eigenvalue weighted by molar-refractivity contribution is 0.181. The predicted molar refractivity (Wildman–Crippen MR) is 99.2 cm³/mol. The van der Waals surface area contributed by atoms with Crippen LogP contribution in [0.25, 0.3) is 0 Å². The van der Waals surface area contributed by atoms with E-state index in [1.54, 1.807) is 11.3 Å². The van der Waals surface area contributed by atoms with Crippen molar-refractivity contribution in [3.8, 4) is 0 Å². The van der Waals surface area contributed by atoms with Gasteiger partial charge in [0.2, 0.25) is 0 Å². The van der Waals surface area contributed by atoms with Gasteiger partial charge in [-0.05, 0) is 28.4 Å². The van der Waals surface area contributed by atoms with Crippen molar-refractivity contribution < 1.29 is 4.74 Å². The van der Waals surface area contributed by atoms with Crippen LogP contribution in [0.15, 0.2) is 20.9 Å². The maximum atomic E-state index is 5.41. The van der Waals surface area contributed by atoms with E-state index in [2.05, 4.69) is 49.6 Å². The second kappa shape index (κ2) is 9.22. The minimum Gasteiger partial charge on any atom is -0.381 e. The quantitative estimate of drug-likeness (QED) is 0.414. The summed E-state index contributed by atoms with van der Waals surface area (Å²) in [5.41, 5.74) is 0. The standard InChI is InChI=1S/C13H20BrN3OS.HI/c1-15-13(16-6-12-5-11(14)9-19-12)17(2)7-10-3-4-18-8-10;/h5,9-10H,3-4,6-8H2,1-2H3,(H,15,16);1H. The molecule has 1 fully saturated rings. The van der Waals surface area contributed by atoms with Crippen LogP contribution in [0.5, 0.6) is 0 Å². The molecule has 2 rings (SSSR count). The van der Waals surface area contributed by atoms with Crippen LogP contribution in [0.2, 0.25) is 0 Å². The summed E-state index contributed by atoms with van der Waals surface area (Å²) in [6.07, 6.45) is 1.15. The first kappa shape index (κ1) is 18.2. The van der Waals surface area contributed by atoms with E-state index in [1.807, 2.05) is 7.05 Å². The number of rotatable bonds is 4. The first-order valence-electron chi connectivity index (χ1n) is 6.41. The average molecular weight is 474 g/mol. The molecule has 1 aromatic rings. The molecule has 0 aromatic carbocycles. The Morgan fingerprint density at radius 2 is 2.45 bits per heavy atom. The van der Waals surface area contributed by atoms with E-state index in [1.165, 1.54) is 4.88 Å². The number of guanidine groups is 1. The minimum atomic E-state index is 0. The molecular weight excluding hydrogens is 453 g/mol. The first-order valence-corrected chi connectivity index (χ1v) is 8.08. The van der Waals surface area contributed by atoms with Crippen LogP contribution in [0.4, 0.5) is 0 Å². The third-order valence-electron chi connectivity index (χ3n) is 3.17. The summed E-state index contributed by atoms with van der Waals surface area (Å²) >= 11 is 5.22. The van der Waals surface area contributed by atoms with Crippen molar-refractivity contribution >= 4 is 57.2 Å². The molecule has 0 aliphatic carbocycles. The summed E-state index contributed by atoms with van der Waals surface area (Å²) < 4.78 is 6.55. The lowest BCUT2D eigenvalue weighted by Crippen LogP contribution is -2.41. The molecule has 0 bridgehead atoms. The zero-order valence-electron chi connectivity index (χ0n) is 11.8. The van der Waals surface area contributed by atoms with Crippen LogP contribution in [0.3, 0.4) is 0 Å². The highest BCUT2D eigenvalue weighted by Gasteiger charge is 2.18. The summed E-state index contributed by atoms with van der Waals surface area (Å²) in [5, 5.41) is 5.49. The van der Waals surface area contributed by atoms with Crippen molar-refractivity contribution in [2.45, 2.75) is 13.0 Å². The van der Waals surface area contributed by atoms with E-state index in [4.69, 9.17) is 4.74 Å². The summed E-state index contributed by atoms with van der Waals surface area (Å²) in [4.78, 5) is 7.81. The zero-order valence-corrected chi connectivity index (χ0v) is 16.5. The molecule has 1 unspecified atom stereocenters. The zero-order chi connectivity index (χ0) is 13.7. The van der Waals surface area contributed by atoms with Crippen LogP contribution in [-0.4, -0.2) is 44.7 Å². The molecule has 0 radical (unpaired) electrons. The van der Waals surface area contributed by atoms with E-state index >= 15 is 0 Å². The Kier molecular flexibility index (Phi) is 8.38. The van der Waals surface area contributed by atoms with E-state index in [0.29, 0.717) is 5.92 Å². The van der Waals surface area contributed by atoms with Crippen LogP contribution < -0.4 is 5.32 Å². The molecule has 7 heteroatoms. The topological polar surface area (TPSA) is 36.9 Å². The molecule has 4 nitrogen and oxygen atoms in total. The number of halogens is 2. The van der Waals surface area contributed by atoms with Gasteiger partial charge in [0.05, 0.1) is 13.2 Å². The van der Waals surface area contributed by atoms with Gasteiger partial charge in [0.15, 0.2) is 5.96 Å². The van der Waals surface area contributed by atoms with Crippen LogP contribution in [0.1, 0.15) is 11.3 Å². The molecule has 20 heavy (non-hydrogen) atoms. The van der Waals surface area contributed by atoms with E-state index in [-0.39, 0.29) is 24.0 Å². The second-order valence-corrected chi connectivity index (χ2v) is 6.65. The average Bonchev–Trinajstić information content (AvgIpc) is 3.02. The van der Waals surface area contributed by atoms with E-state index < -0.39 is 0 Å². The van der Waals surface area contributed by atoms with Gasteiger partial charge >= 0.3 is 0 Å². The van der Waals surface area contributed by atoms with Crippen molar-refractivity contribution in [1.29, 1.82) is 0 Å². The lowest BCUT2D eigenvalue weighted by Gasteiger charge is -2.24. The van der Waals surface area contributed by atoms with Gasteiger partial charge in [0, 0.05) is 47.9 Å². The third-order valence-corrected chi connectivity index (χ3v) is 4.87. The minimum absolute atomic E-state index is 0. The molecule has 1 saturated heterocycles. The van der Waals surface area contributed by atoms with Crippen molar-refractivity contribution in [2.75, 3.05) is 33.9 Å². The fraction of sp³-hybridized carbons (Fsp3) is 0.615. The summed E-state index contributed by atoms with van der Waals surface area (Å²) in [6, 6.07) is 2.13. The first-order chi connectivity index (χ1) is 9.19. The number of aliphatic imine (C=N–C) groups is 1. The Labute approximate surface area is 150 Å². The highest BCUT2D eigenvalue weighted by Crippen LogP contribution is 2.19. The number of ether oxygens (including phenoxy) is 1. The SMILES string of the molecule is CN=C(NCc1cc(Br)cs1)N(C)CC1CCOC1.I. The van der Waals surface area contributed by atoms with Crippen LogP contribution >= 0.6 is 51.2 Å². The predicted octanol–water partition coefficient (Wildman–Crippen LogP) is 3.17. The Bertz CT molecular complexity index is 435. The van der Waals surface area contributed by atoms with Crippen molar-refractivity contribution in [1.82, 2.24) is 10.2 Å². The monoisotopic (exact) mass is 473 g/mol.